The lowest BCUT2D eigenvalue weighted by Gasteiger charge is -2.34. The highest BCUT2D eigenvalue weighted by Gasteiger charge is 2.42. The first-order valence-electron chi connectivity index (χ1n) is 7.79. The molecule has 1 aromatic carbocycles. The molecule has 1 atom stereocenters. The van der Waals surface area contributed by atoms with E-state index in [1.807, 2.05) is 4.90 Å². The Morgan fingerprint density at radius 2 is 1.92 bits per heavy atom. The van der Waals surface area contributed by atoms with E-state index in [-0.39, 0.29) is 18.0 Å². The van der Waals surface area contributed by atoms with E-state index < -0.39 is 23.5 Å². The highest BCUT2D eigenvalue weighted by Crippen LogP contribution is 2.37. The molecule has 7 heteroatoms. The van der Waals surface area contributed by atoms with E-state index >= 15 is 0 Å². The maximum absolute atomic E-state index is 13.2. The fraction of sp³-hybridized carbons (Fsp3) is 0.412. The maximum Gasteiger partial charge on any atom is 0.291 e. The molecule has 0 aliphatic carbocycles. The van der Waals surface area contributed by atoms with Crippen molar-refractivity contribution in [2.24, 2.45) is 0 Å². The molecule has 6 nitrogen and oxygen atoms in total. The smallest absolute Gasteiger partial charge is 0.291 e. The largest absolute Gasteiger partial charge is 0.503 e. The van der Waals surface area contributed by atoms with Gasteiger partial charge in [0.25, 0.3) is 5.91 Å². The number of halogens is 1. The lowest BCUT2D eigenvalue weighted by atomic mass is 9.97. The number of morpholine rings is 1. The number of aliphatic hydroxyl groups is 1. The molecule has 1 unspecified atom stereocenters. The summed E-state index contributed by atoms with van der Waals surface area (Å²) in [5.74, 6) is -1.88. The van der Waals surface area contributed by atoms with E-state index in [9.17, 15) is 19.1 Å². The minimum Gasteiger partial charge on any atom is -0.503 e. The van der Waals surface area contributed by atoms with Crippen LogP contribution in [0.3, 0.4) is 0 Å². The van der Waals surface area contributed by atoms with Gasteiger partial charge >= 0.3 is 0 Å². The Morgan fingerprint density at radius 1 is 1.29 bits per heavy atom. The average molecular weight is 334 g/mol. The number of carbonyl (C=O) groups excluding carboxylic acids is 2. The number of ketones is 1. The van der Waals surface area contributed by atoms with Crippen molar-refractivity contribution in [1.82, 2.24) is 9.80 Å². The molecule has 3 rings (SSSR count). The molecule has 2 aliphatic heterocycles. The van der Waals surface area contributed by atoms with Gasteiger partial charge < -0.3 is 14.7 Å². The third-order valence-electron chi connectivity index (χ3n) is 4.32. The molecule has 128 valence electrons. The maximum atomic E-state index is 13.2. The van der Waals surface area contributed by atoms with E-state index in [4.69, 9.17) is 4.74 Å². The van der Waals surface area contributed by atoms with Crippen LogP contribution in [-0.2, 0) is 14.3 Å². The van der Waals surface area contributed by atoms with E-state index in [0.717, 1.165) is 0 Å². The van der Waals surface area contributed by atoms with Crippen molar-refractivity contribution in [3.05, 3.63) is 47.0 Å². The molecule has 1 fully saturated rings. The minimum atomic E-state index is -0.710. The zero-order valence-electron chi connectivity index (χ0n) is 13.4. The number of amides is 1. The highest BCUT2D eigenvalue weighted by atomic mass is 19.1. The van der Waals surface area contributed by atoms with Crippen LogP contribution in [0.5, 0.6) is 0 Å². The van der Waals surface area contributed by atoms with Crippen LogP contribution < -0.4 is 0 Å². The van der Waals surface area contributed by atoms with Crippen LogP contribution in [0.4, 0.5) is 4.39 Å². The Hall–Kier alpha value is -2.25. The van der Waals surface area contributed by atoms with Gasteiger partial charge in [0, 0.05) is 13.1 Å². The van der Waals surface area contributed by atoms with Crippen molar-refractivity contribution < 1.29 is 23.8 Å². The van der Waals surface area contributed by atoms with Crippen LogP contribution in [0.2, 0.25) is 0 Å². The van der Waals surface area contributed by atoms with Crippen LogP contribution in [0.25, 0.3) is 0 Å². The third-order valence-corrected chi connectivity index (χ3v) is 4.32. The lowest BCUT2D eigenvalue weighted by molar-refractivity contribution is -0.132. The number of Topliss-reactive ketones (excluding diaryl/α,β-unsaturated/α-hetero) is 1. The quantitative estimate of drug-likeness (QED) is 0.901. The van der Waals surface area contributed by atoms with E-state index in [1.54, 1.807) is 0 Å². The Labute approximate surface area is 139 Å². The average Bonchev–Trinajstić information content (AvgIpc) is 2.82. The minimum absolute atomic E-state index is 0.0554. The van der Waals surface area contributed by atoms with Crippen LogP contribution in [0, 0.1) is 5.82 Å². The number of ether oxygens (including phenoxy) is 1. The van der Waals surface area contributed by atoms with E-state index in [1.165, 1.54) is 36.1 Å². The van der Waals surface area contributed by atoms with Crippen LogP contribution in [-0.4, -0.2) is 59.6 Å². The van der Waals surface area contributed by atoms with Gasteiger partial charge in [-0.15, -0.1) is 0 Å². The third kappa shape index (κ3) is 3.05. The summed E-state index contributed by atoms with van der Waals surface area (Å²) in [5.41, 5.74) is 0.645. The predicted molar refractivity (Wildman–Crippen MR) is 83.6 cm³/mol. The van der Waals surface area contributed by atoms with Gasteiger partial charge in [0.1, 0.15) is 5.82 Å². The summed E-state index contributed by atoms with van der Waals surface area (Å²) in [6, 6.07) is 4.90. The summed E-state index contributed by atoms with van der Waals surface area (Å²) in [6.45, 7) is 4.05. The molecular weight excluding hydrogens is 315 g/mol. The summed E-state index contributed by atoms with van der Waals surface area (Å²) in [6.07, 6.45) is 0. The van der Waals surface area contributed by atoms with Crippen molar-refractivity contribution in [3.63, 3.8) is 0 Å². The first-order chi connectivity index (χ1) is 11.5. The SMILES string of the molecule is CC(=O)C1=C(O)C(=O)N(CN2CCOCC2)C1c1ccc(F)cc1. The second kappa shape index (κ2) is 6.70. The summed E-state index contributed by atoms with van der Waals surface area (Å²) in [7, 11) is 0. The van der Waals surface area contributed by atoms with Crippen molar-refractivity contribution in [2.75, 3.05) is 33.0 Å². The Morgan fingerprint density at radius 3 is 2.50 bits per heavy atom. The zero-order chi connectivity index (χ0) is 17.3. The molecule has 0 radical (unpaired) electrons. The molecule has 1 saturated heterocycles. The first-order valence-corrected chi connectivity index (χ1v) is 7.79. The number of hydrogen-bond donors (Lipinski definition) is 1. The second-order valence-electron chi connectivity index (χ2n) is 5.92. The fourth-order valence-corrected chi connectivity index (χ4v) is 3.11. The number of carbonyl (C=O) groups is 2. The molecule has 0 bridgehead atoms. The number of nitrogens with zero attached hydrogens (tertiary/aromatic N) is 2. The molecule has 2 heterocycles. The zero-order valence-corrected chi connectivity index (χ0v) is 13.4. The summed E-state index contributed by atoms with van der Waals surface area (Å²) >= 11 is 0. The molecular formula is C17H19FN2O4. The Bertz CT molecular complexity index is 680. The number of aliphatic hydroxyl groups excluding tert-OH is 1. The monoisotopic (exact) mass is 334 g/mol. The van der Waals surface area contributed by atoms with E-state index in [2.05, 4.69) is 0 Å². The molecule has 2 aliphatic rings. The molecule has 0 saturated carbocycles. The molecule has 1 amide bonds. The second-order valence-corrected chi connectivity index (χ2v) is 5.92. The normalized spacial score (nSPS) is 22.3. The van der Waals surface area contributed by atoms with Crippen LogP contribution in [0.15, 0.2) is 35.6 Å². The van der Waals surface area contributed by atoms with Gasteiger partial charge in [-0.1, -0.05) is 12.1 Å². The van der Waals surface area contributed by atoms with Gasteiger partial charge in [-0.05, 0) is 24.6 Å². The van der Waals surface area contributed by atoms with Gasteiger partial charge in [0.2, 0.25) is 0 Å². The number of rotatable bonds is 4. The Balaban J connectivity index is 1.94. The summed E-state index contributed by atoms with van der Waals surface area (Å²) in [5, 5.41) is 10.2. The molecule has 0 aromatic heterocycles. The summed E-state index contributed by atoms with van der Waals surface area (Å²) in [4.78, 5) is 27.9. The highest BCUT2D eigenvalue weighted by molar-refractivity contribution is 6.08. The fourth-order valence-electron chi connectivity index (χ4n) is 3.11. The van der Waals surface area contributed by atoms with Gasteiger partial charge in [-0.3, -0.25) is 14.5 Å². The van der Waals surface area contributed by atoms with Gasteiger partial charge in [0.05, 0.1) is 31.5 Å². The standard InChI is InChI=1S/C17H19FN2O4/c1-11(21)14-15(12-2-4-13(18)5-3-12)20(17(23)16(14)22)10-19-6-8-24-9-7-19/h2-5,15,22H,6-10H2,1H3. The van der Waals surface area contributed by atoms with E-state index in [0.29, 0.717) is 31.9 Å². The molecule has 1 aromatic rings. The summed E-state index contributed by atoms with van der Waals surface area (Å²) < 4.78 is 18.5. The Kier molecular flexibility index (Phi) is 4.64. The van der Waals surface area contributed by atoms with Crippen LogP contribution in [0.1, 0.15) is 18.5 Å². The first kappa shape index (κ1) is 16.6. The van der Waals surface area contributed by atoms with Gasteiger partial charge in [-0.25, -0.2) is 4.39 Å². The number of benzene rings is 1. The van der Waals surface area contributed by atoms with Gasteiger partial charge in [0.15, 0.2) is 11.5 Å². The van der Waals surface area contributed by atoms with Crippen molar-refractivity contribution in [3.8, 4) is 0 Å². The van der Waals surface area contributed by atoms with Crippen molar-refractivity contribution in [1.29, 1.82) is 0 Å². The lowest BCUT2D eigenvalue weighted by Crippen LogP contribution is -2.46. The van der Waals surface area contributed by atoms with Crippen LogP contribution >= 0.6 is 0 Å². The van der Waals surface area contributed by atoms with Crippen molar-refractivity contribution >= 4 is 11.7 Å². The molecule has 24 heavy (non-hydrogen) atoms. The predicted octanol–water partition coefficient (Wildman–Crippen LogP) is 1.40. The molecule has 0 spiro atoms. The topological polar surface area (TPSA) is 70.1 Å². The number of hydrogen-bond acceptors (Lipinski definition) is 5. The molecule has 1 N–H and O–H groups in total. The van der Waals surface area contributed by atoms with Crippen molar-refractivity contribution in [2.45, 2.75) is 13.0 Å². The van der Waals surface area contributed by atoms with Gasteiger partial charge in [-0.2, -0.15) is 0 Å².